The number of ether oxygens (including phenoxy) is 1. The molecule has 2 aromatic carbocycles. The van der Waals surface area contributed by atoms with Crippen molar-refractivity contribution in [1.29, 1.82) is 0 Å². The molecule has 1 aliphatic heterocycles. The van der Waals surface area contributed by atoms with Crippen LogP contribution >= 0.6 is 0 Å². The lowest BCUT2D eigenvalue weighted by molar-refractivity contribution is -0.118. The van der Waals surface area contributed by atoms with Gasteiger partial charge in [0.05, 0.1) is 19.0 Å². The molecule has 2 aliphatic rings. The molecule has 0 radical (unpaired) electrons. The Morgan fingerprint density at radius 1 is 1.14 bits per heavy atom. The number of anilines is 4. The SMILES string of the molecule is COc1cc(C(=O)NCc2ccccc2)ccc1Nc1ncc2c(n1)N(C1CCCC1)CCC(=O)N2C. The van der Waals surface area contributed by atoms with Crippen molar-refractivity contribution in [2.45, 2.75) is 44.7 Å². The third kappa shape index (κ3) is 5.35. The van der Waals surface area contributed by atoms with E-state index in [4.69, 9.17) is 9.72 Å². The van der Waals surface area contributed by atoms with Crippen LogP contribution in [-0.4, -0.2) is 48.5 Å². The van der Waals surface area contributed by atoms with Crippen LogP contribution < -0.4 is 25.2 Å². The lowest BCUT2D eigenvalue weighted by Gasteiger charge is -2.30. The van der Waals surface area contributed by atoms with Crippen LogP contribution in [0.2, 0.25) is 0 Å². The fourth-order valence-corrected chi connectivity index (χ4v) is 5.01. The Balaban J connectivity index is 1.36. The van der Waals surface area contributed by atoms with Crippen LogP contribution in [0.3, 0.4) is 0 Å². The van der Waals surface area contributed by atoms with E-state index in [9.17, 15) is 9.59 Å². The summed E-state index contributed by atoms with van der Waals surface area (Å²) in [6, 6.07) is 15.4. The predicted octanol–water partition coefficient (Wildman–Crippen LogP) is 4.27. The summed E-state index contributed by atoms with van der Waals surface area (Å²) in [6.07, 6.45) is 6.75. The molecule has 192 valence electrons. The number of nitrogens with zero attached hydrogens (tertiary/aromatic N) is 4. The molecule has 37 heavy (non-hydrogen) atoms. The number of nitrogens with one attached hydrogen (secondary N) is 2. The molecule has 5 rings (SSSR count). The molecule has 2 amide bonds. The number of hydrogen-bond donors (Lipinski definition) is 2. The third-order valence-corrected chi connectivity index (χ3v) is 7.10. The first-order valence-electron chi connectivity index (χ1n) is 12.7. The fraction of sp³-hybridized carbons (Fsp3) is 0.357. The quantitative estimate of drug-likeness (QED) is 0.500. The van der Waals surface area contributed by atoms with Crippen molar-refractivity contribution in [3.05, 3.63) is 65.9 Å². The van der Waals surface area contributed by atoms with Crippen LogP contribution in [0.25, 0.3) is 0 Å². The van der Waals surface area contributed by atoms with Gasteiger partial charge in [0.25, 0.3) is 5.91 Å². The zero-order valence-electron chi connectivity index (χ0n) is 21.2. The van der Waals surface area contributed by atoms with Crippen LogP contribution in [0, 0.1) is 0 Å². The standard InChI is InChI=1S/C28H32N6O3/c1-33-23-18-30-28(32-26(23)34(15-14-25(33)35)21-10-6-7-11-21)31-22-13-12-20(16-24(22)37-2)27(36)29-17-19-8-4-3-5-9-19/h3-5,8-9,12-13,16,18,21H,6-7,10-11,14-15,17H2,1-2H3,(H,29,36)(H,30,31,32). The van der Waals surface area contributed by atoms with Crippen molar-refractivity contribution in [3.8, 4) is 5.75 Å². The van der Waals surface area contributed by atoms with Crippen molar-refractivity contribution in [2.75, 3.05) is 35.8 Å². The first-order chi connectivity index (χ1) is 18.0. The lowest BCUT2D eigenvalue weighted by Crippen LogP contribution is -2.34. The van der Waals surface area contributed by atoms with Gasteiger partial charge in [-0.2, -0.15) is 4.98 Å². The number of amides is 2. The number of methoxy groups -OCH3 is 1. The molecule has 1 saturated carbocycles. The maximum atomic E-state index is 12.7. The molecular weight excluding hydrogens is 468 g/mol. The van der Waals surface area contributed by atoms with Gasteiger partial charge in [-0.15, -0.1) is 0 Å². The van der Waals surface area contributed by atoms with E-state index in [1.54, 1.807) is 43.5 Å². The largest absolute Gasteiger partial charge is 0.495 e. The highest BCUT2D eigenvalue weighted by Crippen LogP contribution is 2.37. The average molecular weight is 501 g/mol. The van der Waals surface area contributed by atoms with Crippen LogP contribution in [0.1, 0.15) is 48.0 Å². The molecule has 1 aromatic heterocycles. The summed E-state index contributed by atoms with van der Waals surface area (Å²) in [4.78, 5) is 38.6. The topological polar surface area (TPSA) is 99.7 Å². The molecule has 9 nitrogen and oxygen atoms in total. The summed E-state index contributed by atoms with van der Waals surface area (Å²) >= 11 is 0. The van der Waals surface area contributed by atoms with E-state index >= 15 is 0 Å². The van der Waals surface area contributed by atoms with Gasteiger partial charge in [0.1, 0.15) is 11.4 Å². The van der Waals surface area contributed by atoms with Crippen molar-refractivity contribution >= 4 is 35.0 Å². The van der Waals surface area contributed by atoms with Crippen molar-refractivity contribution in [2.24, 2.45) is 0 Å². The second-order valence-electron chi connectivity index (χ2n) is 9.45. The Labute approximate surface area is 216 Å². The van der Waals surface area contributed by atoms with Crippen molar-refractivity contribution in [3.63, 3.8) is 0 Å². The van der Waals surface area contributed by atoms with E-state index in [0.717, 1.165) is 29.9 Å². The molecular formula is C28H32N6O3. The molecule has 0 saturated heterocycles. The Morgan fingerprint density at radius 2 is 1.92 bits per heavy atom. The summed E-state index contributed by atoms with van der Waals surface area (Å²) in [5.41, 5.74) is 2.89. The van der Waals surface area contributed by atoms with E-state index in [2.05, 4.69) is 20.5 Å². The van der Waals surface area contributed by atoms with E-state index in [1.165, 1.54) is 12.8 Å². The van der Waals surface area contributed by atoms with Gasteiger partial charge in [-0.3, -0.25) is 9.59 Å². The number of hydrogen-bond acceptors (Lipinski definition) is 7. The molecule has 1 aliphatic carbocycles. The first kappa shape index (κ1) is 24.5. The zero-order chi connectivity index (χ0) is 25.8. The second-order valence-corrected chi connectivity index (χ2v) is 9.45. The van der Waals surface area contributed by atoms with Gasteiger partial charge in [0.15, 0.2) is 5.82 Å². The van der Waals surface area contributed by atoms with Gasteiger partial charge in [0, 0.05) is 38.2 Å². The van der Waals surface area contributed by atoms with Gasteiger partial charge in [-0.05, 0) is 36.6 Å². The smallest absolute Gasteiger partial charge is 0.251 e. The number of aromatic nitrogens is 2. The molecule has 0 unspecified atom stereocenters. The van der Waals surface area contributed by atoms with Crippen molar-refractivity contribution < 1.29 is 14.3 Å². The zero-order valence-corrected chi connectivity index (χ0v) is 21.2. The molecule has 2 N–H and O–H groups in total. The summed E-state index contributed by atoms with van der Waals surface area (Å²) in [5.74, 6) is 1.56. The summed E-state index contributed by atoms with van der Waals surface area (Å²) in [6.45, 7) is 1.09. The molecule has 0 bridgehead atoms. The maximum Gasteiger partial charge on any atom is 0.251 e. The van der Waals surface area contributed by atoms with Gasteiger partial charge < -0.3 is 25.2 Å². The predicted molar refractivity (Wildman–Crippen MR) is 144 cm³/mol. The van der Waals surface area contributed by atoms with Crippen LogP contribution in [-0.2, 0) is 11.3 Å². The van der Waals surface area contributed by atoms with Gasteiger partial charge in [-0.1, -0.05) is 43.2 Å². The average Bonchev–Trinajstić information content (AvgIpc) is 3.43. The van der Waals surface area contributed by atoms with Crippen LogP contribution in [0.4, 0.5) is 23.1 Å². The van der Waals surface area contributed by atoms with Crippen LogP contribution in [0.15, 0.2) is 54.7 Å². The minimum atomic E-state index is -0.185. The van der Waals surface area contributed by atoms with E-state index in [-0.39, 0.29) is 11.8 Å². The van der Waals surface area contributed by atoms with Gasteiger partial charge in [-0.25, -0.2) is 4.98 Å². The second kappa shape index (κ2) is 10.9. The Kier molecular flexibility index (Phi) is 7.20. The molecule has 9 heteroatoms. The third-order valence-electron chi connectivity index (χ3n) is 7.10. The van der Waals surface area contributed by atoms with Gasteiger partial charge in [0.2, 0.25) is 11.9 Å². The van der Waals surface area contributed by atoms with Crippen molar-refractivity contribution in [1.82, 2.24) is 15.3 Å². The lowest BCUT2D eigenvalue weighted by atomic mass is 10.1. The fourth-order valence-electron chi connectivity index (χ4n) is 5.01. The summed E-state index contributed by atoms with van der Waals surface area (Å²) < 4.78 is 5.58. The molecule has 3 aromatic rings. The number of fused-ring (bicyclic) bond motifs is 1. The molecule has 1 fully saturated rings. The number of carbonyl (C=O) groups is 2. The molecule has 2 heterocycles. The normalized spacial score (nSPS) is 15.8. The monoisotopic (exact) mass is 500 g/mol. The van der Waals surface area contributed by atoms with Gasteiger partial charge >= 0.3 is 0 Å². The maximum absolute atomic E-state index is 12.7. The minimum absolute atomic E-state index is 0.0638. The number of benzene rings is 2. The number of carbonyl (C=O) groups excluding carboxylic acids is 2. The first-order valence-corrected chi connectivity index (χ1v) is 12.7. The van der Waals surface area contributed by atoms with Crippen LogP contribution in [0.5, 0.6) is 5.75 Å². The molecule has 0 atom stereocenters. The number of rotatable bonds is 7. The molecule has 0 spiro atoms. The Bertz CT molecular complexity index is 1280. The Hall–Kier alpha value is -4.14. The highest BCUT2D eigenvalue weighted by molar-refractivity contribution is 5.97. The summed E-state index contributed by atoms with van der Waals surface area (Å²) in [5, 5.41) is 6.18. The summed E-state index contributed by atoms with van der Waals surface area (Å²) in [7, 11) is 3.34. The Morgan fingerprint density at radius 3 is 2.68 bits per heavy atom. The van der Waals surface area contributed by atoms with E-state index in [0.29, 0.717) is 48.5 Å². The highest BCUT2D eigenvalue weighted by Gasteiger charge is 2.31. The highest BCUT2D eigenvalue weighted by atomic mass is 16.5. The van der Waals surface area contributed by atoms with E-state index < -0.39 is 0 Å². The minimum Gasteiger partial charge on any atom is -0.495 e. The van der Waals surface area contributed by atoms with E-state index in [1.807, 2.05) is 30.3 Å².